The zero-order valence-electron chi connectivity index (χ0n) is 10.5. The number of imidazole rings is 1. The second kappa shape index (κ2) is 5.27. The van der Waals surface area contributed by atoms with Crippen molar-refractivity contribution in [3.8, 4) is 0 Å². The van der Waals surface area contributed by atoms with Crippen LogP contribution in [-0.4, -0.2) is 19.5 Å². The number of aryl methyl sites for hydroxylation is 3. The van der Waals surface area contributed by atoms with Gasteiger partial charge in [-0.3, -0.25) is 0 Å². The van der Waals surface area contributed by atoms with Gasteiger partial charge >= 0.3 is 0 Å². The summed E-state index contributed by atoms with van der Waals surface area (Å²) < 4.78 is 2.08. The summed E-state index contributed by atoms with van der Waals surface area (Å²) in [7, 11) is 0. The maximum absolute atomic E-state index is 5.96. The molecule has 3 heterocycles. The second-order valence-electron chi connectivity index (χ2n) is 4.27. The Bertz CT molecular complexity index is 704. The fourth-order valence-electron chi connectivity index (χ4n) is 2.09. The first-order valence-corrected chi connectivity index (χ1v) is 7.46. The number of rotatable bonds is 4. The number of alkyl halides is 1. The summed E-state index contributed by atoms with van der Waals surface area (Å²) >= 11 is 7.64. The van der Waals surface area contributed by atoms with Gasteiger partial charge in [-0.2, -0.15) is 0 Å². The summed E-state index contributed by atoms with van der Waals surface area (Å²) in [6.45, 7) is 2.82. The third kappa shape index (κ3) is 2.48. The number of pyridine rings is 1. The number of nitrogens with zero attached hydrogens (tertiary/aromatic N) is 4. The minimum Gasteiger partial charge on any atom is -0.311 e. The highest BCUT2D eigenvalue weighted by Crippen LogP contribution is 2.16. The normalized spacial score (nSPS) is 11.3. The summed E-state index contributed by atoms with van der Waals surface area (Å²) in [6, 6.07) is 3.85. The third-order valence-electron chi connectivity index (χ3n) is 2.96. The van der Waals surface area contributed by atoms with E-state index in [2.05, 4.69) is 24.9 Å². The highest BCUT2D eigenvalue weighted by molar-refractivity contribution is 7.09. The molecule has 0 spiro atoms. The molecule has 0 bridgehead atoms. The van der Waals surface area contributed by atoms with Crippen LogP contribution in [0, 0.1) is 6.92 Å². The zero-order chi connectivity index (χ0) is 13.2. The van der Waals surface area contributed by atoms with Gasteiger partial charge in [0.05, 0.1) is 16.6 Å². The van der Waals surface area contributed by atoms with Crippen molar-refractivity contribution in [1.82, 2.24) is 19.5 Å². The predicted octanol–water partition coefficient (Wildman–Crippen LogP) is 3.18. The first kappa shape index (κ1) is 12.6. The molecule has 0 saturated carbocycles. The van der Waals surface area contributed by atoms with Crippen molar-refractivity contribution in [3.05, 3.63) is 40.2 Å². The Morgan fingerprint density at radius 1 is 1.37 bits per heavy atom. The second-order valence-corrected chi connectivity index (χ2v) is 5.60. The van der Waals surface area contributed by atoms with Gasteiger partial charge in [0.25, 0.3) is 0 Å². The monoisotopic (exact) mass is 292 g/mol. The van der Waals surface area contributed by atoms with Crippen LogP contribution < -0.4 is 0 Å². The van der Waals surface area contributed by atoms with Crippen LogP contribution in [0.4, 0.5) is 0 Å². The van der Waals surface area contributed by atoms with Crippen LogP contribution in [0.1, 0.15) is 16.5 Å². The molecule has 0 amide bonds. The molecule has 19 heavy (non-hydrogen) atoms. The van der Waals surface area contributed by atoms with Gasteiger partial charge in [-0.15, -0.1) is 22.9 Å². The van der Waals surface area contributed by atoms with E-state index < -0.39 is 0 Å². The number of thiazole rings is 1. The lowest BCUT2D eigenvalue weighted by Gasteiger charge is -2.05. The van der Waals surface area contributed by atoms with Gasteiger partial charge in [0.2, 0.25) is 0 Å². The average molecular weight is 293 g/mol. The summed E-state index contributed by atoms with van der Waals surface area (Å²) in [5.74, 6) is 1.26. The van der Waals surface area contributed by atoms with Crippen LogP contribution in [0.15, 0.2) is 23.7 Å². The maximum atomic E-state index is 5.96. The van der Waals surface area contributed by atoms with E-state index in [0.717, 1.165) is 40.7 Å². The molecule has 0 aliphatic carbocycles. The van der Waals surface area contributed by atoms with E-state index in [1.165, 1.54) is 0 Å². The van der Waals surface area contributed by atoms with Gasteiger partial charge in [0.15, 0.2) is 5.65 Å². The van der Waals surface area contributed by atoms with Crippen molar-refractivity contribution in [2.45, 2.75) is 25.8 Å². The fourth-order valence-corrected chi connectivity index (χ4v) is 2.94. The lowest BCUT2D eigenvalue weighted by Crippen LogP contribution is -2.06. The molecule has 0 aliphatic rings. The number of hydrogen-bond acceptors (Lipinski definition) is 4. The molecule has 0 radical (unpaired) electrons. The van der Waals surface area contributed by atoms with Gasteiger partial charge in [0, 0.05) is 24.5 Å². The third-order valence-corrected chi connectivity index (χ3v) is 4.02. The highest BCUT2D eigenvalue weighted by Gasteiger charge is 2.11. The Morgan fingerprint density at radius 3 is 3.00 bits per heavy atom. The van der Waals surface area contributed by atoms with Gasteiger partial charge in [0.1, 0.15) is 11.3 Å². The molecule has 0 N–H and O–H groups in total. The molecule has 3 rings (SSSR count). The van der Waals surface area contributed by atoms with Crippen LogP contribution in [0.2, 0.25) is 0 Å². The number of halogens is 1. The van der Waals surface area contributed by atoms with E-state index >= 15 is 0 Å². The van der Waals surface area contributed by atoms with Crippen molar-refractivity contribution in [3.63, 3.8) is 0 Å². The molecule has 4 nitrogen and oxygen atoms in total. The largest absolute Gasteiger partial charge is 0.311 e. The average Bonchev–Trinajstić information content (AvgIpc) is 2.99. The highest BCUT2D eigenvalue weighted by atomic mass is 35.5. The Kier molecular flexibility index (Phi) is 3.48. The molecular weight excluding hydrogens is 280 g/mol. The number of hydrogen-bond donors (Lipinski definition) is 0. The van der Waals surface area contributed by atoms with E-state index in [0.29, 0.717) is 5.88 Å². The van der Waals surface area contributed by atoms with E-state index in [-0.39, 0.29) is 0 Å². The van der Waals surface area contributed by atoms with Crippen LogP contribution in [0.3, 0.4) is 0 Å². The standard InChI is InChI=1S/C13H13ClN4S/c1-9-16-10(8-19-9)4-6-18-12(7-14)17-11-3-2-5-15-13(11)18/h2-3,5,8H,4,6-7H2,1H3. The molecule has 0 saturated heterocycles. The smallest absolute Gasteiger partial charge is 0.160 e. The van der Waals surface area contributed by atoms with E-state index in [4.69, 9.17) is 11.6 Å². The van der Waals surface area contributed by atoms with E-state index in [1.807, 2.05) is 19.1 Å². The SMILES string of the molecule is Cc1nc(CCn2c(CCl)nc3cccnc32)cs1. The van der Waals surface area contributed by atoms with E-state index in [1.54, 1.807) is 17.5 Å². The molecule has 0 fully saturated rings. The van der Waals surface area contributed by atoms with Gasteiger partial charge in [-0.25, -0.2) is 15.0 Å². The van der Waals surface area contributed by atoms with Crippen LogP contribution in [0.5, 0.6) is 0 Å². The van der Waals surface area contributed by atoms with Crippen molar-refractivity contribution in [2.75, 3.05) is 0 Å². The molecular formula is C13H13ClN4S. The Morgan fingerprint density at radius 2 is 2.26 bits per heavy atom. The molecule has 3 aromatic rings. The zero-order valence-corrected chi connectivity index (χ0v) is 12.1. The Labute approximate surface area is 120 Å². The van der Waals surface area contributed by atoms with E-state index in [9.17, 15) is 0 Å². The number of aromatic nitrogens is 4. The molecule has 0 unspecified atom stereocenters. The van der Waals surface area contributed by atoms with Crippen LogP contribution in [-0.2, 0) is 18.8 Å². The van der Waals surface area contributed by atoms with Crippen molar-refractivity contribution >= 4 is 34.1 Å². The lowest BCUT2D eigenvalue weighted by molar-refractivity contribution is 0.674. The molecule has 6 heteroatoms. The van der Waals surface area contributed by atoms with Crippen LogP contribution >= 0.6 is 22.9 Å². The minimum atomic E-state index is 0.395. The fraction of sp³-hybridized carbons (Fsp3) is 0.308. The summed E-state index contributed by atoms with van der Waals surface area (Å²) in [5.41, 5.74) is 2.90. The quantitative estimate of drug-likeness (QED) is 0.694. The molecule has 0 aromatic carbocycles. The maximum Gasteiger partial charge on any atom is 0.160 e. The summed E-state index contributed by atoms with van der Waals surface area (Å²) in [5, 5.41) is 3.20. The summed E-state index contributed by atoms with van der Waals surface area (Å²) in [6.07, 6.45) is 2.65. The Balaban J connectivity index is 1.90. The predicted molar refractivity (Wildman–Crippen MR) is 77.6 cm³/mol. The van der Waals surface area contributed by atoms with Crippen molar-refractivity contribution in [2.24, 2.45) is 0 Å². The molecule has 98 valence electrons. The van der Waals surface area contributed by atoms with Gasteiger partial charge in [-0.05, 0) is 19.1 Å². The minimum absolute atomic E-state index is 0.395. The van der Waals surface area contributed by atoms with Crippen molar-refractivity contribution in [1.29, 1.82) is 0 Å². The Hall–Kier alpha value is -1.46. The molecule has 0 aliphatic heterocycles. The van der Waals surface area contributed by atoms with Gasteiger partial charge in [-0.1, -0.05) is 0 Å². The molecule has 0 atom stereocenters. The van der Waals surface area contributed by atoms with Crippen molar-refractivity contribution < 1.29 is 0 Å². The summed E-state index contributed by atoms with van der Waals surface area (Å²) in [4.78, 5) is 13.4. The topological polar surface area (TPSA) is 43.6 Å². The molecule has 3 aromatic heterocycles. The lowest BCUT2D eigenvalue weighted by atomic mass is 10.3. The van der Waals surface area contributed by atoms with Crippen LogP contribution in [0.25, 0.3) is 11.2 Å². The number of fused-ring (bicyclic) bond motifs is 1. The first-order chi connectivity index (χ1) is 9.28. The first-order valence-electron chi connectivity index (χ1n) is 6.05. The van der Waals surface area contributed by atoms with Gasteiger partial charge < -0.3 is 4.57 Å².